The Hall–Kier alpha value is -3.29. The van der Waals surface area contributed by atoms with Crippen LogP contribution >= 0.6 is 7.37 Å². The molecule has 5 atom stereocenters. The van der Waals surface area contributed by atoms with Crippen molar-refractivity contribution >= 4 is 12.7 Å². The Labute approximate surface area is 241 Å². The number of benzene rings is 4. The van der Waals surface area contributed by atoms with E-state index in [2.05, 4.69) is 0 Å². The summed E-state index contributed by atoms with van der Waals surface area (Å²) in [6.07, 6.45) is -2.49. The molecule has 0 radical (unpaired) electrons. The standard InChI is InChI=1S/C33H35O7P/c1-36-28-17-19-29(20-18-28)41(35)33(34)32(39-23-27-15-9-4-10-16-27)31(38-22-26-13-7-3-8-14-26)30(40-41)24-37-21-25-11-5-2-6-12-25/h2-20,30-34H,21-24H2,1H3/t30-,31-,32+,33+,41+/m1/s1. The van der Waals surface area contributed by atoms with E-state index in [4.69, 9.17) is 23.5 Å². The minimum absolute atomic E-state index is 0.0897. The Morgan fingerprint density at radius 2 is 1.17 bits per heavy atom. The van der Waals surface area contributed by atoms with Gasteiger partial charge in [-0.3, -0.25) is 4.57 Å². The normalized spacial score (nSPS) is 24.1. The number of ether oxygens (including phenoxy) is 4. The van der Waals surface area contributed by atoms with Crippen LogP contribution in [0.15, 0.2) is 115 Å². The Bertz CT molecular complexity index is 1380. The molecule has 0 bridgehead atoms. The van der Waals surface area contributed by atoms with E-state index in [0.717, 1.165) is 16.7 Å². The van der Waals surface area contributed by atoms with Gasteiger partial charge < -0.3 is 28.6 Å². The highest BCUT2D eigenvalue weighted by Crippen LogP contribution is 2.57. The van der Waals surface area contributed by atoms with E-state index in [-0.39, 0.29) is 19.8 Å². The second-order valence-electron chi connectivity index (χ2n) is 9.88. The van der Waals surface area contributed by atoms with Gasteiger partial charge in [0.15, 0.2) is 5.85 Å². The van der Waals surface area contributed by atoms with Crippen LogP contribution in [-0.2, 0) is 43.1 Å². The van der Waals surface area contributed by atoms with Crippen molar-refractivity contribution in [3.63, 3.8) is 0 Å². The molecule has 5 rings (SSSR count). The summed E-state index contributed by atoms with van der Waals surface area (Å²) < 4.78 is 44.9. The van der Waals surface area contributed by atoms with E-state index in [1.807, 2.05) is 91.0 Å². The summed E-state index contributed by atoms with van der Waals surface area (Å²) in [4.78, 5) is 0. The summed E-state index contributed by atoms with van der Waals surface area (Å²) >= 11 is 0. The first-order valence-corrected chi connectivity index (χ1v) is 15.3. The van der Waals surface area contributed by atoms with Crippen LogP contribution in [0.1, 0.15) is 16.7 Å². The van der Waals surface area contributed by atoms with E-state index in [1.165, 1.54) is 0 Å². The van der Waals surface area contributed by atoms with Gasteiger partial charge in [-0.25, -0.2) is 0 Å². The van der Waals surface area contributed by atoms with Crippen LogP contribution < -0.4 is 10.0 Å². The van der Waals surface area contributed by atoms with Crippen molar-refractivity contribution in [1.29, 1.82) is 0 Å². The lowest BCUT2D eigenvalue weighted by Gasteiger charge is -2.44. The van der Waals surface area contributed by atoms with Gasteiger partial charge >= 0.3 is 0 Å². The van der Waals surface area contributed by atoms with Gasteiger partial charge in [-0.15, -0.1) is 0 Å². The quantitative estimate of drug-likeness (QED) is 0.217. The van der Waals surface area contributed by atoms with Crippen molar-refractivity contribution in [3.8, 4) is 5.75 Å². The molecule has 4 aromatic carbocycles. The van der Waals surface area contributed by atoms with Crippen molar-refractivity contribution in [2.24, 2.45) is 0 Å². The summed E-state index contributed by atoms with van der Waals surface area (Å²) in [7, 11) is -2.29. The van der Waals surface area contributed by atoms with Gasteiger partial charge in [0, 0.05) is 5.30 Å². The smallest absolute Gasteiger partial charge is 0.262 e. The Morgan fingerprint density at radius 3 is 1.68 bits per heavy atom. The molecule has 41 heavy (non-hydrogen) atoms. The lowest BCUT2D eigenvalue weighted by Crippen LogP contribution is -2.55. The molecular weight excluding hydrogens is 539 g/mol. The summed E-state index contributed by atoms with van der Waals surface area (Å²) in [6.45, 7) is 0.895. The van der Waals surface area contributed by atoms with E-state index >= 15 is 0 Å². The average molecular weight is 575 g/mol. The fraction of sp³-hybridized carbons (Fsp3) is 0.273. The number of rotatable bonds is 12. The van der Waals surface area contributed by atoms with Crippen LogP contribution in [0.25, 0.3) is 0 Å². The zero-order valence-corrected chi connectivity index (χ0v) is 23.8. The molecule has 0 aromatic heterocycles. The molecule has 0 unspecified atom stereocenters. The molecule has 1 N–H and O–H groups in total. The maximum atomic E-state index is 14.5. The fourth-order valence-electron chi connectivity index (χ4n) is 4.81. The van der Waals surface area contributed by atoms with Gasteiger partial charge in [0.25, 0.3) is 7.37 Å². The number of hydrogen-bond acceptors (Lipinski definition) is 7. The Kier molecular flexibility index (Phi) is 10.0. The first kappa shape index (κ1) is 29.2. The molecule has 0 saturated carbocycles. The molecule has 1 saturated heterocycles. The molecular formula is C33H35O7P. The maximum absolute atomic E-state index is 14.5. The van der Waals surface area contributed by atoms with Crippen LogP contribution in [0.3, 0.4) is 0 Å². The minimum atomic E-state index is -3.85. The highest BCUT2D eigenvalue weighted by molar-refractivity contribution is 7.67. The molecule has 214 valence electrons. The van der Waals surface area contributed by atoms with Gasteiger partial charge in [-0.05, 0) is 41.0 Å². The summed E-state index contributed by atoms with van der Waals surface area (Å²) in [5.41, 5.74) is 2.88. The zero-order chi connectivity index (χ0) is 28.5. The molecule has 1 fully saturated rings. The van der Waals surface area contributed by atoms with Gasteiger partial charge in [0.2, 0.25) is 0 Å². The van der Waals surface area contributed by atoms with Crippen molar-refractivity contribution in [3.05, 3.63) is 132 Å². The predicted molar refractivity (Wildman–Crippen MR) is 157 cm³/mol. The van der Waals surface area contributed by atoms with Crippen molar-refractivity contribution in [1.82, 2.24) is 0 Å². The van der Waals surface area contributed by atoms with E-state index in [0.29, 0.717) is 17.7 Å². The predicted octanol–water partition coefficient (Wildman–Crippen LogP) is 5.70. The Morgan fingerprint density at radius 1 is 0.683 bits per heavy atom. The maximum Gasteiger partial charge on any atom is 0.262 e. The largest absolute Gasteiger partial charge is 0.497 e. The van der Waals surface area contributed by atoms with Crippen molar-refractivity contribution in [2.45, 2.75) is 44.0 Å². The number of aliphatic hydroxyl groups is 1. The second kappa shape index (κ2) is 14.1. The lowest BCUT2D eigenvalue weighted by atomic mass is 10.1. The summed E-state index contributed by atoms with van der Waals surface area (Å²) in [6, 6.07) is 35.9. The molecule has 8 heteroatoms. The monoisotopic (exact) mass is 574 g/mol. The van der Waals surface area contributed by atoms with Crippen LogP contribution in [0, 0.1) is 0 Å². The molecule has 1 aliphatic heterocycles. The number of methoxy groups -OCH3 is 1. The van der Waals surface area contributed by atoms with Crippen molar-refractivity contribution in [2.75, 3.05) is 13.7 Å². The third kappa shape index (κ3) is 7.32. The first-order valence-electron chi connectivity index (χ1n) is 13.6. The fourth-order valence-corrected chi connectivity index (χ4v) is 7.15. The molecule has 0 amide bonds. The highest BCUT2D eigenvalue weighted by Gasteiger charge is 2.54. The van der Waals surface area contributed by atoms with Crippen LogP contribution in [0.4, 0.5) is 0 Å². The van der Waals surface area contributed by atoms with Crippen LogP contribution in [0.5, 0.6) is 5.75 Å². The third-order valence-electron chi connectivity index (χ3n) is 7.02. The second-order valence-corrected chi connectivity index (χ2v) is 12.3. The van der Waals surface area contributed by atoms with Crippen LogP contribution in [0.2, 0.25) is 0 Å². The summed E-state index contributed by atoms with van der Waals surface area (Å²) in [5.74, 6) is -0.860. The molecule has 0 spiro atoms. The molecule has 7 nitrogen and oxygen atoms in total. The van der Waals surface area contributed by atoms with Gasteiger partial charge in [0.05, 0.1) is 33.5 Å². The number of hydrogen-bond donors (Lipinski definition) is 1. The number of aliphatic hydroxyl groups excluding tert-OH is 1. The van der Waals surface area contributed by atoms with E-state index in [1.54, 1.807) is 31.4 Å². The average Bonchev–Trinajstić information content (AvgIpc) is 3.03. The molecule has 1 aliphatic rings. The zero-order valence-electron chi connectivity index (χ0n) is 23.0. The van der Waals surface area contributed by atoms with E-state index in [9.17, 15) is 9.67 Å². The topological polar surface area (TPSA) is 83.5 Å². The van der Waals surface area contributed by atoms with Gasteiger partial charge in [-0.2, -0.15) is 0 Å². The molecule has 1 heterocycles. The van der Waals surface area contributed by atoms with Gasteiger partial charge in [0.1, 0.15) is 24.1 Å². The third-order valence-corrected chi connectivity index (χ3v) is 9.61. The Balaban J connectivity index is 1.45. The van der Waals surface area contributed by atoms with Crippen molar-refractivity contribution < 1.29 is 33.1 Å². The van der Waals surface area contributed by atoms with E-state index < -0.39 is 31.5 Å². The minimum Gasteiger partial charge on any atom is -0.497 e. The first-order chi connectivity index (χ1) is 20.1. The van der Waals surface area contributed by atoms with Crippen LogP contribution in [-0.4, -0.2) is 43.0 Å². The van der Waals surface area contributed by atoms with Gasteiger partial charge in [-0.1, -0.05) is 91.0 Å². The lowest BCUT2D eigenvalue weighted by molar-refractivity contribution is -0.174. The highest BCUT2D eigenvalue weighted by atomic mass is 31.2. The SMILES string of the molecule is COc1ccc([P@]2(=O)O[C@H](COCc3ccccc3)[C@@H](OCc3ccccc3)[C@H](OCc3ccccc3)[C@H]2O)cc1. The molecule has 0 aliphatic carbocycles. The summed E-state index contributed by atoms with van der Waals surface area (Å²) in [5, 5.41) is 12.0. The molecule has 4 aromatic rings.